The minimum absolute atomic E-state index is 0.00469. The second kappa shape index (κ2) is 52.2. The highest BCUT2D eigenvalue weighted by Crippen LogP contribution is 2.29. The Kier molecular flexibility index (Phi) is 42.7. The molecule has 104 heavy (non-hydrogen) atoms. The highest BCUT2D eigenvalue weighted by molar-refractivity contribution is 5.97. The molecule has 13 N–H and O–H groups in total. The Morgan fingerprint density at radius 3 is 1.74 bits per heavy atom. The summed E-state index contributed by atoms with van der Waals surface area (Å²) in [6.45, 7) is 7.91. The van der Waals surface area contributed by atoms with E-state index in [1.807, 2.05) is 0 Å². The van der Waals surface area contributed by atoms with Crippen molar-refractivity contribution in [2.75, 3.05) is 158 Å². The van der Waals surface area contributed by atoms with Crippen LogP contribution < -0.4 is 54.0 Å². The molecule has 1 saturated heterocycles. The van der Waals surface area contributed by atoms with Crippen LogP contribution >= 0.6 is 0 Å². The van der Waals surface area contributed by atoms with Gasteiger partial charge in [0.05, 0.1) is 170 Å². The van der Waals surface area contributed by atoms with Crippen molar-refractivity contribution in [1.82, 2.24) is 62.7 Å². The number of carbonyl (C=O) groups excluding carboxylic acids is 7. The van der Waals surface area contributed by atoms with Crippen LogP contribution in [-0.4, -0.2) is 273 Å². The number of hydrogen-bond acceptors (Lipinski definition) is 24. The Bertz CT molecular complexity index is 2940. The average molecular weight is 1470 g/mol. The number of aromatic nitrogens is 4. The SMILES string of the molecule is NC(N)=NCCC[C@@H]1NC[C@H](Cc2cn(CCOCCOCCOCCOCCOCCOCCOCCOCCOCCOCCNC(=O)[C@@H](NC(=O)[C@H](CC3CCCCC3)NC(=O)c3ccno3)C3CCCCC3)nn2)NC(=O)[C@@H](Cc2ccccc2)NC(=O)[C@H](CC(=O)O)NC(=O)CNC1=O. The Morgan fingerprint density at radius 2 is 1.18 bits per heavy atom. The van der Waals surface area contributed by atoms with Crippen LogP contribution in [0.5, 0.6) is 0 Å². The fourth-order valence-electron chi connectivity index (χ4n) is 11.9. The van der Waals surface area contributed by atoms with Crippen LogP contribution in [0.15, 0.2) is 58.3 Å². The molecule has 1 aliphatic heterocycles. The molecular weight excluding hydrogens is 1360 g/mol. The van der Waals surface area contributed by atoms with Crippen LogP contribution in [0, 0.1) is 11.8 Å². The second-order valence-electron chi connectivity index (χ2n) is 25.4. The van der Waals surface area contributed by atoms with Gasteiger partial charge in [-0.15, -0.1) is 5.10 Å². The molecule has 3 heterocycles. The van der Waals surface area contributed by atoms with Gasteiger partial charge in [-0.05, 0) is 49.5 Å². The van der Waals surface area contributed by atoms with E-state index in [0.29, 0.717) is 162 Å². The van der Waals surface area contributed by atoms with E-state index >= 15 is 0 Å². The number of amides is 7. The van der Waals surface area contributed by atoms with Crippen molar-refractivity contribution in [3.05, 3.63) is 65.8 Å². The lowest BCUT2D eigenvalue weighted by molar-refractivity contribution is -0.141. The van der Waals surface area contributed by atoms with Crippen molar-refractivity contribution in [3.8, 4) is 0 Å². The van der Waals surface area contributed by atoms with Crippen LogP contribution in [0.1, 0.15) is 112 Å². The second-order valence-corrected chi connectivity index (χ2v) is 25.4. The summed E-state index contributed by atoms with van der Waals surface area (Å²) in [4.78, 5) is 110. The average Bonchev–Trinajstić information content (AvgIpc) is 0.996. The molecule has 3 aromatic rings. The third-order valence-corrected chi connectivity index (χ3v) is 17.3. The summed E-state index contributed by atoms with van der Waals surface area (Å²) in [5.41, 5.74) is 12.2. The van der Waals surface area contributed by atoms with Crippen LogP contribution in [0.4, 0.5) is 0 Å². The van der Waals surface area contributed by atoms with Crippen molar-refractivity contribution >= 4 is 53.3 Å². The predicted octanol–water partition coefficient (Wildman–Crippen LogP) is -0.762. The fraction of sp³-hybridized carbons (Fsp3) is 0.710. The molecule has 7 amide bonds. The standard InChI is InChI=1S/C69H111N15O20/c70-69(71)73-19-10-17-55-63(88)75-48-60(85)78-58(46-61(86)87)65(90)79-56(43-50-11-4-1-5-12-50)64(89)77-53(47-74-55)45-54-49-84(83-82-54)22-24-95-26-28-97-30-32-99-34-36-101-38-40-103-42-41-102-39-37-100-35-33-98-31-29-96-27-25-94-23-21-72-68(93)62(52-15-8-3-9-16-52)81-66(91)57(44-51-13-6-2-7-14-51)80-67(92)59-18-20-76-104-59/h1,4-5,11-12,18,20,49,51-53,55-58,62,74H,2-3,6-10,13-17,19,21-48H2,(H,72,93)(H,75,88)(H,77,89)(H,78,85)(H,79,90)(H,80,92)(H,81,91)(H,86,87)(H4,70,71,73)/t53-,55-,56+,57-,58-,62-/m0/s1. The van der Waals surface area contributed by atoms with Gasteiger partial charge in [0, 0.05) is 50.8 Å². The molecule has 0 spiro atoms. The van der Waals surface area contributed by atoms with Gasteiger partial charge in [-0.1, -0.05) is 92.1 Å². The van der Waals surface area contributed by atoms with Crippen LogP contribution in [0.25, 0.3) is 0 Å². The number of nitrogens with two attached hydrogens (primary N) is 2. The highest BCUT2D eigenvalue weighted by atomic mass is 16.6. The van der Waals surface area contributed by atoms with E-state index < -0.39 is 84.7 Å². The van der Waals surface area contributed by atoms with Gasteiger partial charge in [0.1, 0.15) is 24.2 Å². The molecule has 3 fully saturated rings. The van der Waals surface area contributed by atoms with Crippen LogP contribution in [-0.2, 0) is 100 Å². The summed E-state index contributed by atoms with van der Waals surface area (Å²) in [6, 6.07) is 4.48. The lowest BCUT2D eigenvalue weighted by Crippen LogP contribution is -2.57. The molecule has 6 rings (SSSR count). The Balaban J connectivity index is 0.723. The van der Waals surface area contributed by atoms with E-state index in [1.54, 1.807) is 41.2 Å². The number of aliphatic carboxylic acids is 1. The van der Waals surface area contributed by atoms with Gasteiger partial charge in [0.25, 0.3) is 5.91 Å². The van der Waals surface area contributed by atoms with E-state index in [4.69, 9.17) is 63.4 Å². The molecule has 1 aromatic carbocycles. The first kappa shape index (κ1) is 85.1. The Morgan fingerprint density at radius 1 is 0.625 bits per heavy atom. The maximum Gasteiger partial charge on any atom is 0.305 e. The first-order valence-electron chi connectivity index (χ1n) is 36.4. The molecule has 3 aliphatic rings. The van der Waals surface area contributed by atoms with Crippen molar-refractivity contribution in [1.29, 1.82) is 0 Å². The number of guanidine groups is 1. The van der Waals surface area contributed by atoms with Crippen molar-refractivity contribution < 1.29 is 95.4 Å². The summed E-state index contributed by atoms with van der Waals surface area (Å²) in [7, 11) is 0. The minimum atomic E-state index is -1.56. The van der Waals surface area contributed by atoms with E-state index in [-0.39, 0.29) is 75.0 Å². The number of hydrogen-bond donors (Lipinski definition) is 11. The third-order valence-electron chi connectivity index (χ3n) is 17.3. The van der Waals surface area contributed by atoms with Crippen molar-refractivity contribution in [3.63, 3.8) is 0 Å². The molecular formula is C69H111N15O20. The summed E-state index contributed by atoms with van der Waals surface area (Å²) in [5, 5.41) is 44.3. The van der Waals surface area contributed by atoms with E-state index in [1.165, 1.54) is 18.7 Å². The molecule has 35 nitrogen and oxygen atoms in total. The maximum absolute atomic E-state index is 14.2. The number of carbonyl (C=O) groups is 8. The van der Waals surface area contributed by atoms with Gasteiger partial charge < -0.3 is 111 Å². The lowest BCUT2D eigenvalue weighted by atomic mass is 9.82. The number of benzene rings is 1. The molecule has 35 heteroatoms. The Hall–Kier alpha value is -7.84. The fourth-order valence-corrected chi connectivity index (χ4v) is 11.9. The quantitative estimate of drug-likeness (QED) is 0.0188. The lowest BCUT2D eigenvalue weighted by Gasteiger charge is -2.32. The molecule has 0 bridgehead atoms. The maximum atomic E-state index is 14.2. The van der Waals surface area contributed by atoms with E-state index in [9.17, 15) is 43.5 Å². The topological polar surface area (TPSA) is 466 Å². The number of aliphatic imine (C=N–C) groups is 1. The van der Waals surface area contributed by atoms with E-state index in [2.05, 4.69) is 63.0 Å². The zero-order valence-electron chi connectivity index (χ0n) is 59.8. The summed E-state index contributed by atoms with van der Waals surface area (Å²) >= 11 is 0. The van der Waals surface area contributed by atoms with Crippen molar-refractivity contribution in [2.45, 2.75) is 146 Å². The number of nitrogens with zero attached hydrogens (tertiary/aromatic N) is 5. The summed E-state index contributed by atoms with van der Waals surface area (Å²) in [5.74, 6) is -5.16. The van der Waals surface area contributed by atoms with Gasteiger partial charge in [-0.2, -0.15) is 0 Å². The molecule has 582 valence electrons. The number of nitrogens with one attached hydrogen (secondary N) is 8. The first-order valence-corrected chi connectivity index (χ1v) is 36.4. The van der Waals surface area contributed by atoms with Gasteiger partial charge in [0.2, 0.25) is 41.2 Å². The molecule has 2 aliphatic carbocycles. The van der Waals surface area contributed by atoms with Gasteiger partial charge in [-0.25, -0.2) is 4.68 Å². The minimum Gasteiger partial charge on any atom is -0.481 e. The smallest absolute Gasteiger partial charge is 0.305 e. The molecule has 0 radical (unpaired) electrons. The summed E-state index contributed by atoms with van der Waals surface area (Å²) < 4.78 is 62.8. The van der Waals surface area contributed by atoms with Crippen LogP contribution in [0.3, 0.4) is 0 Å². The van der Waals surface area contributed by atoms with Crippen molar-refractivity contribution in [2.24, 2.45) is 28.3 Å². The normalized spacial score (nSPS) is 18.7. The highest BCUT2D eigenvalue weighted by Gasteiger charge is 2.36. The van der Waals surface area contributed by atoms with E-state index in [0.717, 1.165) is 57.8 Å². The molecule has 6 atom stereocenters. The largest absolute Gasteiger partial charge is 0.481 e. The summed E-state index contributed by atoms with van der Waals surface area (Å²) in [6.07, 6.45) is 13.7. The number of carboxylic acids is 1. The number of rotatable bonds is 51. The molecule has 2 aromatic heterocycles. The third kappa shape index (κ3) is 36.7. The zero-order chi connectivity index (χ0) is 74.0. The molecule has 0 unspecified atom stereocenters. The molecule has 2 saturated carbocycles. The predicted molar refractivity (Wildman–Crippen MR) is 375 cm³/mol. The van der Waals surface area contributed by atoms with Gasteiger partial charge >= 0.3 is 5.97 Å². The zero-order valence-corrected chi connectivity index (χ0v) is 59.8. The first-order chi connectivity index (χ1) is 50.7. The number of carboxylic acid groups (broad SMARTS) is 1. The van der Waals surface area contributed by atoms with Crippen LogP contribution in [0.2, 0.25) is 0 Å². The van der Waals surface area contributed by atoms with Gasteiger partial charge in [0.15, 0.2) is 5.96 Å². The van der Waals surface area contributed by atoms with Gasteiger partial charge in [-0.3, -0.25) is 43.3 Å². The monoisotopic (exact) mass is 1470 g/mol. The Labute approximate surface area is 607 Å². The number of ether oxygens (including phenoxy) is 10.